The monoisotopic (exact) mass is 248 g/mol. The molecule has 2 rings (SSSR count). The van der Waals surface area contributed by atoms with E-state index < -0.39 is 0 Å². The molecule has 4 heteroatoms. The molecule has 1 aromatic rings. The van der Waals surface area contributed by atoms with E-state index in [9.17, 15) is 9.90 Å². The molecule has 1 amide bonds. The first kappa shape index (κ1) is 12.9. The highest BCUT2D eigenvalue weighted by atomic mass is 16.3. The summed E-state index contributed by atoms with van der Waals surface area (Å²) >= 11 is 0. The number of phenols is 1. The van der Waals surface area contributed by atoms with Crippen molar-refractivity contribution in [2.24, 2.45) is 0 Å². The second-order valence-electron chi connectivity index (χ2n) is 4.84. The minimum atomic E-state index is -0.0966. The molecule has 0 spiro atoms. The van der Waals surface area contributed by atoms with Gasteiger partial charge in [0.05, 0.1) is 6.04 Å². The number of aryl methyl sites for hydroxylation is 1. The smallest absolute Gasteiger partial charge is 0.241 e. The Hall–Kier alpha value is -1.55. The number of benzene rings is 1. The Morgan fingerprint density at radius 2 is 2.22 bits per heavy atom. The molecule has 0 aromatic heterocycles. The molecule has 1 saturated heterocycles. The molecule has 1 unspecified atom stereocenters. The van der Waals surface area contributed by atoms with Crippen molar-refractivity contribution in [1.29, 1.82) is 0 Å². The highest BCUT2D eigenvalue weighted by Crippen LogP contribution is 2.20. The maximum absolute atomic E-state index is 12.1. The van der Waals surface area contributed by atoms with Crippen molar-refractivity contribution < 1.29 is 9.90 Å². The fourth-order valence-corrected chi connectivity index (χ4v) is 2.26. The first-order chi connectivity index (χ1) is 8.66. The van der Waals surface area contributed by atoms with Crippen molar-refractivity contribution in [3.63, 3.8) is 0 Å². The molecule has 0 bridgehead atoms. The lowest BCUT2D eigenvalue weighted by Gasteiger charge is -2.16. The summed E-state index contributed by atoms with van der Waals surface area (Å²) in [6, 6.07) is 4.87. The number of rotatable bonds is 2. The molecule has 1 aromatic carbocycles. The first-order valence-electron chi connectivity index (χ1n) is 6.50. The summed E-state index contributed by atoms with van der Waals surface area (Å²) in [5.41, 5.74) is 1.64. The van der Waals surface area contributed by atoms with Crippen LogP contribution in [0.3, 0.4) is 0 Å². The molecular weight excluding hydrogens is 228 g/mol. The van der Waals surface area contributed by atoms with Gasteiger partial charge in [-0.25, -0.2) is 0 Å². The quantitative estimate of drug-likeness (QED) is 0.703. The molecule has 0 radical (unpaired) electrons. The van der Waals surface area contributed by atoms with Crippen LogP contribution in [-0.4, -0.2) is 23.6 Å². The van der Waals surface area contributed by atoms with Crippen molar-refractivity contribution in [2.45, 2.75) is 38.6 Å². The Bertz CT molecular complexity index is 424. The zero-order valence-corrected chi connectivity index (χ0v) is 10.7. The molecule has 4 nitrogen and oxygen atoms in total. The number of amides is 1. The number of phenolic OH excluding ortho intramolecular Hbond substituents is 1. The lowest BCUT2D eigenvalue weighted by molar-refractivity contribution is -0.118. The Balaban J connectivity index is 2.01. The lowest BCUT2D eigenvalue weighted by Crippen LogP contribution is -2.39. The molecule has 1 fully saturated rings. The minimum absolute atomic E-state index is 0.0192. The van der Waals surface area contributed by atoms with Crippen LogP contribution in [0.1, 0.15) is 31.2 Å². The fraction of sp³-hybridized carbons (Fsp3) is 0.500. The third-order valence-electron chi connectivity index (χ3n) is 3.34. The summed E-state index contributed by atoms with van der Waals surface area (Å²) in [7, 11) is 0. The largest absolute Gasteiger partial charge is 0.508 e. The average molecular weight is 248 g/mol. The van der Waals surface area contributed by atoms with Gasteiger partial charge in [0.25, 0.3) is 0 Å². The summed E-state index contributed by atoms with van der Waals surface area (Å²) in [4.78, 5) is 12.1. The van der Waals surface area contributed by atoms with Crippen LogP contribution in [0.5, 0.6) is 5.75 Å². The second kappa shape index (κ2) is 5.87. The Morgan fingerprint density at radius 3 is 3.00 bits per heavy atom. The highest BCUT2D eigenvalue weighted by molar-refractivity contribution is 5.95. The van der Waals surface area contributed by atoms with Crippen molar-refractivity contribution >= 4 is 11.6 Å². The van der Waals surface area contributed by atoms with E-state index in [4.69, 9.17) is 0 Å². The molecule has 1 atom stereocenters. The van der Waals surface area contributed by atoms with Crippen LogP contribution in [0.25, 0.3) is 0 Å². The number of anilines is 1. The summed E-state index contributed by atoms with van der Waals surface area (Å²) in [6.45, 7) is 2.78. The third-order valence-corrected chi connectivity index (χ3v) is 3.34. The molecule has 1 aliphatic rings. The molecule has 18 heavy (non-hydrogen) atoms. The average Bonchev–Trinajstić information content (AvgIpc) is 2.61. The maximum atomic E-state index is 12.1. The van der Waals surface area contributed by atoms with E-state index in [2.05, 4.69) is 10.6 Å². The molecule has 3 N–H and O–H groups in total. The summed E-state index contributed by atoms with van der Waals surface area (Å²) < 4.78 is 0. The second-order valence-corrected chi connectivity index (χ2v) is 4.84. The Morgan fingerprint density at radius 1 is 1.39 bits per heavy atom. The van der Waals surface area contributed by atoms with Gasteiger partial charge in [-0.05, 0) is 50.1 Å². The van der Waals surface area contributed by atoms with Gasteiger partial charge < -0.3 is 15.7 Å². The number of carbonyl (C=O) groups excluding carboxylic acids is 1. The zero-order chi connectivity index (χ0) is 13.0. The van der Waals surface area contributed by atoms with E-state index in [1.165, 1.54) is 6.42 Å². The standard InChI is InChI=1S/C14H20N2O2/c1-10-9-11(17)6-7-12(10)16-14(18)13-5-3-2-4-8-15-13/h6-7,9,13,15,17H,2-5,8H2,1H3,(H,16,18). The van der Waals surface area contributed by atoms with E-state index >= 15 is 0 Å². The summed E-state index contributed by atoms with van der Waals surface area (Å²) in [5.74, 6) is 0.240. The van der Waals surface area contributed by atoms with Gasteiger partial charge in [-0.15, -0.1) is 0 Å². The van der Waals surface area contributed by atoms with Crippen molar-refractivity contribution in [1.82, 2.24) is 5.32 Å². The van der Waals surface area contributed by atoms with Crippen LogP contribution in [0.4, 0.5) is 5.69 Å². The van der Waals surface area contributed by atoms with Crippen LogP contribution in [0.2, 0.25) is 0 Å². The van der Waals surface area contributed by atoms with Gasteiger partial charge >= 0.3 is 0 Å². The number of hydrogen-bond donors (Lipinski definition) is 3. The first-order valence-corrected chi connectivity index (χ1v) is 6.50. The number of aromatic hydroxyl groups is 1. The van der Waals surface area contributed by atoms with Crippen LogP contribution >= 0.6 is 0 Å². The van der Waals surface area contributed by atoms with Crippen molar-refractivity contribution in [2.75, 3.05) is 11.9 Å². The van der Waals surface area contributed by atoms with Gasteiger partial charge in [-0.2, -0.15) is 0 Å². The van der Waals surface area contributed by atoms with Crippen LogP contribution in [-0.2, 0) is 4.79 Å². The van der Waals surface area contributed by atoms with Gasteiger partial charge in [0.2, 0.25) is 5.91 Å². The zero-order valence-electron chi connectivity index (χ0n) is 10.7. The van der Waals surface area contributed by atoms with E-state index in [-0.39, 0.29) is 17.7 Å². The number of carbonyl (C=O) groups is 1. The van der Waals surface area contributed by atoms with E-state index in [0.717, 1.165) is 37.1 Å². The number of hydrogen-bond acceptors (Lipinski definition) is 3. The SMILES string of the molecule is Cc1cc(O)ccc1NC(=O)C1CCCCCN1. The molecule has 1 aliphatic heterocycles. The van der Waals surface area contributed by atoms with Crippen LogP contribution in [0, 0.1) is 6.92 Å². The van der Waals surface area contributed by atoms with Crippen molar-refractivity contribution in [3.8, 4) is 5.75 Å². The summed E-state index contributed by atoms with van der Waals surface area (Å²) in [6.07, 6.45) is 4.32. The highest BCUT2D eigenvalue weighted by Gasteiger charge is 2.19. The van der Waals surface area contributed by atoms with Gasteiger partial charge in [0.1, 0.15) is 5.75 Å². The molecule has 0 aliphatic carbocycles. The fourth-order valence-electron chi connectivity index (χ4n) is 2.26. The minimum Gasteiger partial charge on any atom is -0.508 e. The third kappa shape index (κ3) is 3.23. The molecular formula is C14H20N2O2. The topological polar surface area (TPSA) is 61.4 Å². The predicted molar refractivity (Wildman–Crippen MR) is 71.7 cm³/mol. The van der Waals surface area contributed by atoms with Gasteiger partial charge in [0.15, 0.2) is 0 Å². The van der Waals surface area contributed by atoms with Gasteiger partial charge in [-0.1, -0.05) is 12.8 Å². The Kier molecular flexibility index (Phi) is 4.20. The molecule has 1 heterocycles. The summed E-state index contributed by atoms with van der Waals surface area (Å²) in [5, 5.41) is 15.5. The Labute approximate surface area is 107 Å². The number of nitrogens with one attached hydrogen (secondary N) is 2. The normalized spacial score (nSPS) is 20.2. The van der Waals surface area contributed by atoms with E-state index in [1.807, 2.05) is 6.92 Å². The predicted octanol–water partition coefficient (Wildman–Crippen LogP) is 2.17. The van der Waals surface area contributed by atoms with Gasteiger partial charge in [-0.3, -0.25) is 4.79 Å². The van der Waals surface area contributed by atoms with Crippen LogP contribution in [0.15, 0.2) is 18.2 Å². The molecule has 0 saturated carbocycles. The van der Waals surface area contributed by atoms with Crippen LogP contribution < -0.4 is 10.6 Å². The van der Waals surface area contributed by atoms with Gasteiger partial charge in [0, 0.05) is 5.69 Å². The van der Waals surface area contributed by atoms with E-state index in [1.54, 1.807) is 18.2 Å². The van der Waals surface area contributed by atoms with Crippen molar-refractivity contribution in [3.05, 3.63) is 23.8 Å². The van der Waals surface area contributed by atoms with E-state index in [0.29, 0.717) is 0 Å². The lowest BCUT2D eigenvalue weighted by atomic mass is 10.1. The maximum Gasteiger partial charge on any atom is 0.241 e. The molecule has 98 valence electrons.